The summed E-state index contributed by atoms with van der Waals surface area (Å²) in [5.74, 6) is -1.43. The third kappa shape index (κ3) is 2.85. The highest BCUT2D eigenvalue weighted by Gasteiger charge is 2.20. The van der Waals surface area contributed by atoms with Crippen molar-refractivity contribution < 1.29 is 19.1 Å². The molecule has 0 aliphatic heterocycles. The Kier molecular flexibility index (Phi) is 3.92. The van der Waals surface area contributed by atoms with Gasteiger partial charge in [0.2, 0.25) is 0 Å². The fourth-order valence-electron chi connectivity index (χ4n) is 2.37. The molecule has 116 valence electrons. The number of nitrogens with one attached hydrogen (secondary N) is 1. The van der Waals surface area contributed by atoms with Crippen molar-refractivity contribution in [2.75, 3.05) is 5.32 Å². The Balaban J connectivity index is 1.98. The number of hydrogen-bond donors (Lipinski definition) is 2. The van der Waals surface area contributed by atoms with E-state index in [1.165, 1.54) is 12.1 Å². The van der Waals surface area contributed by atoms with E-state index < -0.39 is 11.9 Å². The van der Waals surface area contributed by atoms with Crippen LogP contribution < -0.4 is 5.32 Å². The van der Waals surface area contributed by atoms with Crippen LogP contribution in [0.1, 0.15) is 26.5 Å². The Morgan fingerprint density at radius 3 is 2.61 bits per heavy atom. The number of rotatable bonds is 3. The zero-order valence-corrected chi connectivity index (χ0v) is 13.7. The summed E-state index contributed by atoms with van der Waals surface area (Å²) < 4.78 is 6.21. The summed E-state index contributed by atoms with van der Waals surface area (Å²) in [7, 11) is 0. The maximum atomic E-state index is 12.5. The van der Waals surface area contributed by atoms with Gasteiger partial charge in [0, 0.05) is 15.4 Å². The molecule has 5 nitrogen and oxygen atoms in total. The number of amides is 1. The Hall–Kier alpha value is -2.60. The highest BCUT2D eigenvalue weighted by molar-refractivity contribution is 9.10. The fourth-order valence-corrected chi connectivity index (χ4v) is 2.73. The standard InChI is InChI=1S/C17H12BrNO4/c1-9-11-4-2-3-5-14(11)23-15(9)16(20)19-13-7-6-10(18)8-12(13)17(21)22/h2-8H,1H3,(H,19,20)(H,21,22). The van der Waals surface area contributed by atoms with Gasteiger partial charge < -0.3 is 14.8 Å². The van der Waals surface area contributed by atoms with Crippen LogP contribution in [0.2, 0.25) is 0 Å². The summed E-state index contributed by atoms with van der Waals surface area (Å²) in [6, 6.07) is 12.0. The number of carboxylic acids is 1. The molecule has 2 aromatic carbocycles. The van der Waals surface area contributed by atoms with Crippen molar-refractivity contribution in [3.63, 3.8) is 0 Å². The molecule has 1 aromatic heterocycles. The van der Waals surface area contributed by atoms with E-state index >= 15 is 0 Å². The molecule has 0 fully saturated rings. The predicted octanol–water partition coefficient (Wildman–Crippen LogP) is 4.45. The minimum Gasteiger partial charge on any atom is -0.478 e. The third-order valence-corrected chi connectivity index (χ3v) is 4.00. The van der Waals surface area contributed by atoms with Crippen LogP contribution in [0, 0.1) is 6.92 Å². The average molecular weight is 374 g/mol. The molecule has 2 N–H and O–H groups in total. The van der Waals surface area contributed by atoms with Crippen molar-refractivity contribution in [2.45, 2.75) is 6.92 Å². The molecule has 0 bridgehead atoms. The van der Waals surface area contributed by atoms with E-state index in [0.717, 1.165) is 5.39 Å². The largest absolute Gasteiger partial charge is 0.478 e. The van der Waals surface area contributed by atoms with Gasteiger partial charge in [0.05, 0.1) is 11.3 Å². The molecule has 1 heterocycles. The number of para-hydroxylation sites is 1. The molecule has 0 aliphatic carbocycles. The van der Waals surface area contributed by atoms with Crippen LogP contribution in [0.25, 0.3) is 11.0 Å². The number of aryl methyl sites for hydroxylation is 1. The van der Waals surface area contributed by atoms with E-state index in [1.807, 2.05) is 18.2 Å². The van der Waals surface area contributed by atoms with Crippen molar-refractivity contribution >= 4 is 44.5 Å². The smallest absolute Gasteiger partial charge is 0.337 e. The Bertz CT molecular complexity index is 929. The number of carbonyl (C=O) groups excluding carboxylic acids is 1. The summed E-state index contributed by atoms with van der Waals surface area (Å²) in [6.07, 6.45) is 0. The fraction of sp³-hybridized carbons (Fsp3) is 0.0588. The van der Waals surface area contributed by atoms with Gasteiger partial charge in [-0.3, -0.25) is 4.79 Å². The van der Waals surface area contributed by atoms with Crippen LogP contribution in [0.3, 0.4) is 0 Å². The molecular weight excluding hydrogens is 362 g/mol. The Morgan fingerprint density at radius 1 is 1.17 bits per heavy atom. The van der Waals surface area contributed by atoms with Crippen LogP contribution >= 0.6 is 15.9 Å². The molecular formula is C17H12BrNO4. The Labute approximate surface area is 140 Å². The number of anilines is 1. The Morgan fingerprint density at radius 2 is 1.91 bits per heavy atom. The first-order valence-corrected chi connectivity index (χ1v) is 7.59. The molecule has 0 aliphatic rings. The second-order valence-electron chi connectivity index (χ2n) is 5.00. The molecule has 0 saturated heterocycles. The lowest BCUT2D eigenvalue weighted by atomic mass is 10.1. The van der Waals surface area contributed by atoms with Gasteiger partial charge in [-0.15, -0.1) is 0 Å². The van der Waals surface area contributed by atoms with E-state index in [1.54, 1.807) is 19.1 Å². The minimum atomic E-state index is -1.12. The zero-order chi connectivity index (χ0) is 16.6. The van der Waals surface area contributed by atoms with Crippen LogP contribution in [-0.2, 0) is 0 Å². The van der Waals surface area contributed by atoms with Crippen LogP contribution in [0.4, 0.5) is 5.69 Å². The summed E-state index contributed by atoms with van der Waals surface area (Å²) in [6.45, 7) is 1.79. The molecule has 3 aromatic rings. The zero-order valence-electron chi connectivity index (χ0n) is 12.1. The molecule has 3 rings (SSSR count). The monoisotopic (exact) mass is 373 g/mol. The maximum absolute atomic E-state index is 12.5. The first-order valence-electron chi connectivity index (χ1n) is 6.79. The molecule has 0 spiro atoms. The van der Waals surface area contributed by atoms with Crippen molar-refractivity contribution in [1.82, 2.24) is 0 Å². The maximum Gasteiger partial charge on any atom is 0.337 e. The van der Waals surface area contributed by atoms with Gasteiger partial charge in [-0.05, 0) is 31.2 Å². The molecule has 0 saturated carbocycles. The van der Waals surface area contributed by atoms with Gasteiger partial charge >= 0.3 is 5.97 Å². The minimum absolute atomic E-state index is 0.00138. The van der Waals surface area contributed by atoms with E-state index in [2.05, 4.69) is 21.2 Å². The van der Waals surface area contributed by atoms with Gasteiger partial charge in [0.1, 0.15) is 5.58 Å². The van der Waals surface area contributed by atoms with Crippen LogP contribution in [0.15, 0.2) is 51.4 Å². The first kappa shape index (κ1) is 15.3. The quantitative estimate of drug-likeness (QED) is 0.710. The number of carboxylic acid groups (broad SMARTS) is 1. The lowest BCUT2D eigenvalue weighted by Crippen LogP contribution is -2.15. The summed E-state index contributed by atoms with van der Waals surface area (Å²) in [5.41, 5.74) is 1.54. The number of benzene rings is 2. The van der Waals surface area contributed by atoms with Crippen molar-refractivity contribution in [3.05, 3.63) is 63.8 Å². The lowest BCUT2D eigenvalue weighted by molar-refractivity contribution is 0.0698. The summed E-state index contributed by atoms with van der Waals surface area (Å²) >= 11 is 3.22. The number of furan rings is 1. The van der Waals surface area contributed by atoms with Crippen LogP contribution in [-0.4, -0.2) is 17.0 Å². The van der Waals surface area contributed by atoms with Gasteiger partial charge in [0.15, 0.2) is 5.76 Å². The van der Waals surface area contributed by atoms with Crippen molar-refractivity contribution in [2.24, 2.45) is 0 Å². The van der Waals surface area contributed by atoms with Crippen molar-refractivity contribution in [3.8, 4) is 0 Å². The number of aromatic carboxylic acids is 1. The molecule has 23 heavy (non-hydrogen) atoms. The predicted molar refractivity (Wildman–Crippen MR) is 90.0 cm³/mol. The number of halogens is 1. The molecule has 6 heteroatoms. The molecule has 0 radical (unpaired) electrons. The molecule has 0 atom stereocenters. The average Bonchev–Trinajstić information content (AvgIpc) is 2.86. The van der Waals surface area contributed by atoms with Gasteiger partial charge in [0.25, 0.3) is 5.91 Å². The van der Waals surface area contributed by atoms with Gasteiger partial charge in [-0.1, -0.05) is 34.1 Å². The number of fused-ring (bicyclic) bond motifs is 1. The highest BCUT2D eigenvalue weighted by atomic mass is 79.9. The van der Waals surface area contributed by atoms with E-state index in [4.69, 9.17) is 4.42 Å². The van der Waals surface area contributed by atoms with Crippen molar-refractivity contribution in [1.29, 1.82) is 0 Å². The summed E-state index contributed by atoms with van der Waals surface area (Å²) in [4.78, 5) is 23.8. The topological polar surface area (TPSA) is 79.5 Å². The molecule has 1 amide bonds. The van der Waals surface area contributed by atoms with E-state index in [9.17, 15) is 14.7 Å². The third-order valence-electron chi connectivity index (χ3n) is 3.51. The summed E-state index contributed by atoms with van der Waals surface area (Å²) in [5, 5.41) is 12.7. The SMILES string of the molecule is Cc1c(C(=O)Nc2ccc(Br)cc2C(=O)O)oc2ccccc12. The van der Waals surface area contributed by atoms with Gasteiger partial charge in [-0.2, -0.15) is 0 Å². The van der Waals surface area contributed by atoms with Gasteiger partial charge in [-0.25, -0.2) is 4.79 Å². The van der Waals surface area contributed by atoms with E-state index in [-0.39, 0.29) is 17.0 Å². The normalized spacial score (nSPS) is 10.7. The molecule has 0 unspecified atom stereocenters. The first-order chi connectivity index (χ1) is 11.0. The van der Waals surface area contributed by atoms with E-state index in [0.29, 0.717) is 15.6 Å². The van der Waals surface area contributed by atoms with Crippen LogP contribution in [0.5, 0.6) is 0 Å². The lowest BCUT2D eigenvalue weighted by Gasteiger charge is -2.08. The number of hydrogen-bond acceptors (Lipinski definition) is 3. The second-order valence-corrected chi connectivity index (χ2v) is 5.92. The highest BCUT2D eigenvalue weighted by Crippen LogP contribution is 2.27. The number of carbonyl (C=O) groups is 2. The second kappa shape index (κ2) is 5.89.